The van der Waals surface area contributed by atoms with Crippen LogP contribution in [0.5, 0.6) is 11.5 Å². The minimum atomic E-state index is -0.0576. The highest BCUT2D eigenvalue weighted by Gasteiger charge is 2.31. The van der Waals surface area contributed by atoms with E-state index >= 15 is 0 Å². The van der Waals surface area contributed by atoms with Gasteiger partial charge in [0.25, 0.3) is 5.91 Å². The second kappa shape index (κ2) is 7.65. The number of nitrogens with zero attached hydrogens (tertiary/aromatic N) is 1. The topological polar surface area (TPSA) is 50.8 Å². The highest BCUT2D eigenvalue weighted by Crippen LogP contribution is 2.33. The van der Waals surface area contributed by atoms with Crippen LogP contribution in [-0.4, -0.2) is 49.2 Å². The summed E-state index contributed by atoms with van der Waals surface area (Å²) in [6, 6.07) is 6.72. The fourth-order valence-electron chi connectivity index (χ4n) is 4.53. The molecule has 136 valence electrons. The normalized spacial score (nSPS) is 24.2. The van der Waals surface area contributed by atoms with Gasteiger partial charge in [0.1, 0.15) is 13.2 Å². The number of hydrogen-bond donors (Lipinski definition) is 1. The first-order valence-electron chi connectivity index (χ1n) is 9.75. The third kappa shape index (κ3) is 3.61. The molecule has 0 spiro atoms. The third-order valence-corrected chi connectivity index (χ3v) is 5.78. The van der Waals surface area contributed by atoms with Gasteiger partial charge in [-0.05, 0) is 44.4 Å². The van der Waals surface area contributed by atoms with Crippen LogP contribution in [0.3, 0.4) is 0 Å². The summed E-state index contributed by atoms with van der Waals surface area (Å²) < 4.78 is 11.2. The molecule has 0 unspecified atom stereocenters. The van der Waals surface area contributed by atoms with E-state index in [4.69, 9.17) is 9.47 Å². The van der Waals surface area contributed by atoms with E-state index in [0.717, 1.165) is 12.6 Å². The van der Waals surface area contributed by atoms with E-state index in [9.17, 15) is 4.79 Å². The molecule has 2 heterocycles. The number of fused-ring (bicyclic) bond motifs is 1. The number of carbonyl (C=O) groups excluding carboxylic acids is 1. The van der Waals surface area contributed by atoms with Crippen LogP contribution in [0.4, 0.5) is 0 Å². The molecule has 1 aromatic carbocycles. The van der Waals surface area contributed by atoms with E-state index in [1.54, 1.807) is 0 Å². The monoisotopic (exact) mass is 344 g/mol. The van der Waals surface area contributed by atoms with Crippen LogP contribution < -0.4 is 14.8 Å². The predicted molar refractivity (Wildman–Crippen MR) is 96.4 cm³/mol. The lowest BCUT2D eigenvalue weighted by Gasteiger charge is -2.35. The Morgan fingerprint density at radius 2 is 1.92 bits per heavy atom. The van der Waals surface area contributed by atoms with Gasteiger partial charge < -0.3 is 14.8 Å². The molecule has 1 amide bonds. The van der Waals surface area contributed by atoms with Gasteiger partial charge in [-0.1, -0.05) is 25.3 Å². The van der Waals surface area contributed by atoms with Gasteiger partial charge >= 0.3 is 0 Å². The Bertz CT molecular complexity index is 613. The lowest BCUT2D eigenvalue weighted by Crippen LogP contribution is -2.45. The maximum Gasteiger partial charge on any atom is 0.255 e. The Balaban J connectivity index is 1.38. The number of benzene rings is 1. The maximum atomic E-state index is 12.7. The lowest BCUT2D eigenvalue weighted by molar-refractivity contribution is 0.0910. The second-order valence-corrected chi connectivity index (χ2v) is 7.37. The van der Waals surface area contributed by atoms with Crippen LogP contribution in [0.25, 0.3) is 0 Å². The van der Waals surface area contributed by atoms with E-state index < -0.39 is 0 Å². The molecule has 1 aromatic rings. The molecule has 0 bridgehead atoms. The summed E-state index contributed by atoms with van der Waals surface area (Å²) in [6.45, 7) is 2.94. The minimum absolute atomic E-state index is 0.0576. The summed E-state index contributed by atoms with van der Waals surface area (Å²) in [5, 5.41) is 3.14. The molecule has 2 fully saturated rings. The average Bonchev–Trinajstić information content (AvgIpc) is 3.15. The number of nitrogens with one attached hydrogen (secondary N) is 1. The fourth-order valence-corrected chi connectivity index (χ4v) is 4.53. The molecule has 3 aliphatic rings. The molecule has 1 saturated carbocycles. The van der Waals surface area contributed by atoms with Crippen LogP contribution in [0.2, 0.25) is 0 Å². The molecule has 4 rings (SSSR count). The van der Waals surface area contributed by atoms with Crippen molar-refractivity contribution in [1.82, 2.24) is 10.2 Å². The maximum absolute atomic E-state index is 12.7. The highest BCUT2D eigenvalue weighted by atomic mass is 16.6. The summed E-state index contributed by atoms with van der Waals surface area (Å²) in [7, 11) is 0. The van der Waals surface area contributed by atoms with E-state index in [1.165, 1.54) is 51.5 Å². The van der Waals surface area contributed by atoms with Crippen molar-refractivity contribution >= 4 is 5.91 Å². The van der Waals surface area contributed by atoms with Crippen LogP contribution in [0.1, 0.15) is 55.3 Å². The summed E-state index contributed by atoms with van der Waals surface area (Å²) in [5.41, 5.74) is 0.583. The highest BCUT2D eigenvalue weighted by molar-refractivity contribution is 5.97. The van der Waals surface area contributed by atoms with Gasteiger partial charge in [-0.3, -0.25) is 9.69 Å². The molecule has 5 heteroatoms. The molecular formula is C20H28N2O3. The lowest BCUT2D eigenvalue weighted by atomic mass is 9.94. The van der Waals surface area contributed by atoms with Gasteiger partial charge in [0.15, 0.2) is 11.5 Å². The van der Waals surface area contributed by atoms with Crippen molar-refractivity contribution in [2.75, 3.05) is 26.3 Å². The zero-order chi connectivity index (χ0) is 17.1. The Morgan fingerprint density at radius 1 is 1.08 bits per heavy atom. The van der Waals surface area contributed by atoms with Crippen LogP contribution >= 0.6 is 0 Å². The summed E-state index contributed by atoms with van der Waals surface area (Å²) in [6.07, 6.45) is 9.16. The predicted octanol–water partition coefficient (Wildman–Crippen LogP) is 2.98. The van der Waals surface area contributed by atoms with Gasteiger partial charge in [-0.25, -0.2) is 0 Å². The molecule has 1 N–H and O–H groups in total. The Kier molecular flexibility index (Phi) is 5.11. The number of rotatable bonds is 4. The molecule has 5 nitrogen and oxygen atoms in total. The molecule has 0 aromatic heterocycles. The number of ether oxygens (including phenoxy) is 2. The number of hydrogen-bond acceptors (Lipinski definition) is 4. The summed E-state index contributed by atoms with van der Waals surface area (Å²) in [5.74, 6) is 1.20. The smallest absolute Gasteiger partial charge is 0.255 e. The number of likely N-dealkylation sites (tertiary alicyclic amines) is 1. The Hall–Kier alpha value is -1.75. The van der Waals surface area contributed by atoms with E-state index in [1.807, 2.05) is 18.2 Å². The third-order valence-electron chi connectivity index (χ3n) is 5.78. The van der Waals surface area contributed by atoms with Crippen LogP contribution in [0, 0.1) is 0 Å². The largest absolute Gasteiger partial charge is 0.486 e. The van der Waals surface area contributed by atoms with Crippen molar-refractivity contribution in [2.24, 2.45) is 0 Å². The van der Waals surface area contributed by atoms with Crippen molar-refractivity contribution in [3.05, 3.63) is 23.8 Å². The van der Waals surface area contributed by atoms with Gasteiger partial charge in [-0.2, -0.15) is 0 Å². The van der Waals surface area contributed by atoms with Gasteiger partial charge in [-0.15, -0.1) is 0 Å². The van der Waals surface area contributed by atoms with Crippen molar-refractivity contribution in [1.29, 1.82) is 0 Å². The number of carbonyl (C=O) groups is 1. The standard InChI is InChI=1S/C20H28N2O3/c23-20(17-9-4-10-18-19(17)25-13-12-24-18)21-14-16-8-5-11-22(16)15-6-2-1-3-7-15/h4,9-10,15-16H,1-3,5-8,11-14H2,(H,21,23)/t16-/m1/s1. The van der Waals surface area contributed by atoms with E-state index in [2.05, 4.69) is 10.2 Å². The quantitative estimate of drug-likeness (QED) is 0.912. The Morgan fingerprint density at radius 3 is 2.80 bits per heavy atom. The zero-order valence-corrected chi connectivity index (χ0v) is 14.8. The molecule has 0 radical (unpaired) electrons. The average molecular weight is 344 g/mol. The van der Waals surface area contributed by atoms with Gasteiger partial charge in [0.05, 0.1) is 5.56 Å². The second-order valence-electron chi connectivity index (χ2n) is 7.37. The van der Waals surface area contributed by atoms with Gasteiger partial charge in [0.2, 0.25) is 0 Å². The van der Waals surface area contributed by atoms with E-state index in [0.29, 0.717) is 36.3 Å². The number of para-hydroxylation sites is 1. The van der Waals surface area contributed by atoms with Crippen LogP contribution in [-0.2, 0) is 0 Å². The molecule has 25 heavy (non-hydrogen) atoms. The first-order valence-corrected chi connectivity index (χ1v) is 9.75. The van der Waals surface area contributed by atoms with E-state index in [-0.39, 0.29) is 5.91 Å². The zero-order valence-electron chi connectivity index (χ0n) is 14.8. The molecule has 1 aliphatic carbocycles. The number of amides is 1. The summed E-state index contributed by atoms with van der Waals surface area (Å²) in [4.78, 5) is 15.3. The van der Waals surface area contributed by atoms with Crippen LogP contribution in [0.15, 0.2) is 18.2 Å². The summed E-state index contributed by atoms with van der Waals surface area (Å²) >= 11 is 0. The first kappa shape index (κ1) is 16.7. The molecule has 1 saturated heterocycles. The minimum Gasteiger partial charge on any atom is -0.486 e. The molecule has 1 atom stereocenters. The van der Waals surface area contributed by atoms with Crippen molar-refractivity contribution in [3.8, 4) is 11.5 Å². The fraction of sp³-hybridized carbons (Fsp3) is 0.650. The SMILES string of the molecule is O=C(NC[C@H]1CCCN1C1CCCCC1)c1cccc2c1OCCO2. The van der Waals surface area contributed by atoms with Crippen molar-refractivity contribution < 1.29 is 14.3 Å². The molecule has 2 aliphatic heterocycles. The van der Waals surface area contributed by atoms with Crippen molar-refractivity contribution in [3.63, 3.8) is 0 Å². The van der Waals surface area contributed by atoms with Crippen molar-refractivity contribution in [2.45, 2.75) is 57.0 Å². The Labute approximate surface area is 149 Å². The first-order chi connectivity index (χ1) is 12.3. The molecular weight excluding hydrogens is 316 g/mol. The van der Waals surface area contributed by atoms with Gasteiger partial charge in [0, 0.05) is 18.6 Å².